The summed E-state index contributed by atoms with van der Waals surface area (Å²) in [6, 6.07) is 0. The van der Waals surface area contributed by atoms with Gasteiger partial charge < -0.3 is 5.11 Å². The van der Waals surface area contributed by atoms with Gasteiger partial charge in [0.2, 0.25) is 0 Å². The summed E-state index contributed by atoms with van der Waals surface area (Å²) in [5.41, 5.74) is 0. The molecule has 3 aliphatic carbocycles. The molecule has 3 saturated carbocycles. The maximum Gasteiger partial charge on any atom is 0.0433 e. The molecule has 0 aromatic heterocycles. The molecule has 0 aromatic carbocycles. The molecule has 188 valence electrons. The van der Waals surface area contributed by atoms with Gasteiger partial charge in [-0.1, -0.05) is 90.9 Å². The van der Waals surface area contributed by atoms with E-state index in [1.54, 1.807) is 0 Å². The third-order valence-electron chi connectivity index (χ3n) is 10.4. The zero-order chi connectivity index (χ0) is 22.6. The molecule has 0 bridgehead atoms. The molecule has 0 aliphatic heterocycles. The molecule has 0 aromatic rings. The van der Waals surface area contributed by atoms with Gasteiger partial charge in [0.1, 0.15) is 0 Å². The summed E-state index contributed by atoms with van der Waals surface area (Å²) in [5.74, 6) is 6.82. The second-order valence-corrected chi connectivity index (χ2v) is 12.4. The molecule has 0 heterocycles. The van der Waals surface area contributed by atoms with Crippen LogP contribution in [-0.4, -0.2) is 11.7 Å². The molecule has 1 atom stereocenters. The zero-order valence-electron chi connectivity index (χ0n) is 22.0. The first kappa shape index (κ1) is 26.6. The first-order valence-electron chi connectivity index (χ1n) is 15.4. The first-order valence-corrected chi connectivity index (χ1v) is 15.4. The van der Waals surface area contributed by atoms with Crippen molar-refractivity contribution in [2.24, 2.45) is 41.4 Å². The van der Waals surface area contributed by atoms with Gasteiger partial charge >= 0.3 is 0 Å². The van der Waals surface area contributed by atoms with Gasteiger partial charge in [0, 0.05) is 6.61 Å². The van der Waals surface area contributed by atoms with Crippen molar-refractivity contribution in [2.75, 3.05) is 6.61 Å². The molecular weight excluding hydrogens is 388 g/mol. The normalized spacial score (nSPS) is 35.0. The molecule has 3 aliphatic rings. The predicted octanol–water partition coefficient (Wildman–Crippen LogP) is 9.56. The molecule has 0 spiro atoms. The number of unbranched alkanes of at least 4 members (excludes halogenated alkanes) is 4. The smallest absolute Gasteiger partial charge is 0.0433 e. The van der Waals surface area contributed by atoms with Crippen molar-refractivity contribution in [3.63, 3.8) is 0 Å². The van der Waals surface area contributed by atoms with Gasteiger partial charge in [0.25, 0.3) is 0 Å². The van der Waals surface area contributed by atoms with Crippen molar-refractivity contribution in [3.8, 4) is 0 Å². The Morgan fingerprint density at radius 3 is 1.41 bits per heavy atom. The number of aliphatic hydroxyl groups excluding tert-OH is 1. The van der Waals surface area contributed by atoms with Gasteiger partial charge in [0.05, 0.1) is 0 Å². The van der Waals surface area contributed by atoms with E-state index in [-0.39, 0.29) is 0 Å². The van der Waals surface area contributed by atoms with E-state index in [1.807, 2.05) is 0 Å². The molecular formula is C31H58O. The van der Waals surface area contributed by atoms with Gasteiger partial charge in [-0.2, -0.15) is 0 Å². The number of hydrogen-bond donors (Lipinski definition) is 1. The van der Waals surface area contributed by atoms with Crippen molar-refractivity contribution < 1.29 is 5.11 Å². The lowest BCUT2D eigenvalue weighted by molar-refractivity contribution is 0.0688. The second-order valence-electron chi connectivity index (χ2n) is 12.4. The van der Waals surface area contributed by atoms with Crippen LogP contribution in [0, 0.1) is 41.4 Å². The molecule has 1 heteroatoms. The highest BCUT2D eigenvalue weighted by Gasteiger charge is 2.36. The van der Waals surface area contributed by atoms with Crippen molar-refractivity contribution in [1.82, 2.24) is 0 Å². The van der Waals surface area contributed by atoms with E-state index in [0.717, 1.165) is 47.8 Å². The van der Waals surface area contributed by atoms with Gasteiger partial charge in [-0.25, -0.2) is 0 Å². The van der Waals surface area contributed by atoms with Crippen LogP contribution in [0.2, 0.25) is 0 Å². The minimum atomic E-state index is 0.420. The van der Waals surface area contributed by atoms with Crippen molar-refractivity contribution >= 4 is 0 Å². The monoisotopic (exact) mass is 446 g/mol. The topological polar surface area (TPSA) is 20.2 Å². The molecule has 32 heavy (non-hydrogen) atoms. The van der Waals surface area contributed by atoms with Crippen molar-refractivity contribution in [1.29, 1.82) is 0 Å². The molecule has 1 unspecified atom stereocenters. The SMILES string of the molecule is CCCCCC1CCC(C2CCC(C(CCO)C3CCC(CCCCC)CC3)CC2)CC1. The van der Waals surface area contributed by atoms with Crippen LogP contribution in [0.5, 0.6) is 0 Å². The van der Waals surface area contributed by atoms with Crippen LogP contribution in [0.4, 0.5) is 0 Å². The fourth-order valence-electron chi connectivity index (χ4n) is 8.27. The fourth-order valence-corrected chi connectivity index (χ4v) is 8.27. The Morgan fingerprint density at radius 1 is 0.562 bits per heavy atom. The second kappa shape index (κ2) is 15.1. The quantitative estimate of drug-likeness (QED) is 0.279. The fraction of sp³-hybridized carbons (Fsp3) is 1.00. The third-order valence-corrected chi connectivity index (χ3v) is 10.4. The molecule has 1 nitrogen and oxygen atoms in total. The Labute approximate surface area is 201 Å². The Kier molecular flexibility index (Phi) is 12.5. The van der Waals surface area contributed by atoms with Crippen LogP contribution in [-0.2, 0) is 0 Å². The van der Waals surface area contributed by atoms with E-state index in [1.165, 1.54) is 128 Å². The molecule has 0 radical (unpaired) electrons. The molecule has 1 N–H and O–H groups in total. The summed E-state index contributed by atoms with van der Waals surface area (Å²) in [4.78, 5) is 0. The van der Waals surface area contributed by atoms with Crippen LogP contribution < -0.4 is 0 Å². The van der Waals surface area contributed by atoms with Crippen LogP contribution >= 0.6 is 0 Å². The lowest BCUT2D eigenvalue weighted by atomic mass is 9.63. The number of rotatable bonds is 13. The Bertz CT molecular complexity index is 449. The molecule has 3 fully saturated rings. The largest absolute Gasteiger partial charge is 0.396 e. The Balaban J connectivity index is 1.38. The summed E-state index contributed by atoms with van der Waals surface area (Å²) >= 11 is 0. The molecule has 3 rings (SSSR count). The van der Waals surface area contributed by atoms with E-state index in [2.05, 4.69) is 13.8 Å². The lowest BCUT2D eigenvalue weighted by Gasteiger charge is -2.43. The van der Waals surface area contributed by atoms with Crippen LogP contribution in [0.15, 0.2) is 0 Å². The minimum Gasteiger partial charge on any atom is -0.396 e. The third kappa shape index (κ3) is 8.32. The van der Waals surface area contributed by atoms with Crippen molar-refractivity contribution in [2.45, 2.75) is 149 Å². The predicted molar refractivity (Wildman–Crippen MR) is 140 cm³/mol. The molecule has 0 amide bonds. The number of hydrogen-bond acceptors (Lipinski definition) is 1. The number of aliphatic hydroxyl groups is 1. The maximum atomic E-state index is 9.85. The summed E-state index contributed by atoms with van der Waals surface area (Å²) in [7, 11) is 0. The first-order chi connectivity index (χ1) is 15.7. The minimum absolute atomic E-state index is 0.420. The van der Waals surface area contributed by atoms with Crippen LogP contribution in [0.25, 0.3) is 0 Å². The van der Waals surface area contributed by atoms with Crippen molar-refractivity contribution in [3.05, 3.63) is 0 Å². The van der Waals surface area contributed by atoms with Gasteiger partial charge in [0.15, 0.2) is 0 Å². The summed E-state index contributed by atoms with van der Waals surface area (Å²) < 4.78 is 0. The average Bonchev–Trinajstić information content (AvgIpc) is 2.84. The van der Waals surface area contributed by atoms with Gasteiger partial charge in [-0.05, 0) is 99.2 Å². The van der Waals surface area contributed by atoms with E-state index < -0.39 is 0 Å². The summed E-state index contributed by atoms with van der Waals surface area (Å²) in [6.45, 7) is 5.08. The summed E-state index contributed by atoms with van der Waals surface area (Å²) in [6.07, 6.45) is 30.6. The standard InChI is InChI=1S/C31H58O/c1-3-5-7-9-25-11-15-27(16-12-25)28-19-21-30(22-20-28)31(23-24-32)29-17-13-26(14-18-29)10-8-6-4-2/h25-32H,3-24H2,1-2H3. The Morgan fingerprint density at radius 2 is 0.969 bits per heavy atom. The average molecular weight is 447 g/mol. The maximum absolute atomic E-state index is 9.85. The molecule has 0 saturated heterocycles. The summed E-state index contributed by atoms with van der Waals surface area (Å²) in [5, 5.41) is 9.85. The highest BCUT2D eigenvalue weighted by molar-refractivity contribution is 4.87. The Hall–Kier alpha value is -0.0400. The highest BCUT2D eigenvalue weighted by atomic mass is 16.3. The van der Waals surface area contributed by atoms with E-state index in [9.17, 15) is 5.11 Å². The van der Waals surface area contributed by atoms with Crippen LogP contribution in [0.3, 0.4) is 0 Å². The van der Waals surface area contributed by atoms with E-state index in [4.69, 9.17) is 0 Å². The zero-order valence-corrected chi connectivity index (χ0v) is 22.0. The van der Waals surface area contributed by atoms with E-state index >= 15 is 0 Å². The van der Waals surface area contributed by atoms with Gasteiger partial charge in [-0.3, -0.25) is 0 Å². The van der Waals surface area contributed by atoms with E-state index in [0.29, 0.717) is 6.61 Å². The van der Waals surface area contributed by atoms with Crippen LogP contribution in [0.1, 0.15) is 149 Å². The lowest BCUT2D eigenvalue weighted by Crippen LogP contribution is -2.33. The van der Waals surface area contributed by atoms with Gasteiger partial charge in [-0.15, -0.1) is 0 Å². The highest BCUT2D eigenvalue weighted by Crippen LogP contribution is 2.47.